The molecule has 0 radical (unpaired) electrons. The molecule has 3 rings (SSSR count). The normalized spacial score (nSPS) is 33.2. The molecule has 1 N–H and O–H groups in total. The highest BCUT2D eigenvalue weighted by Gasteiger charge is 2.38. The van der Waals surface area contributed by atoms with Crippen LogP contribution in [0.1, 0.15) is 25.7 Å². The lowest BCUT2D eigenvalue weighted by Gasteiger charge is -2.21. The van der Waals surface area contributed by atoms with Crippen molar-refractivity contribution in [2.75, 3.05) is 11.9 Å². The van der Waals surface area contributed by atoms with Gasteiger partial charge < -0.3 is 5.32 Å². The van der Waals surface area contributed by atoms with E-state index in [2.05, 4.69) is 15.3 Å². The Morgan fingerprint density at radius 2 is 2.27 bits per heavy atom. The monoisotopic (exact) mass is 203 g/mol. The Labute approximate surface area is 90.3 Å². The molecule has 2 aliphatic rings. The Hall–Kier alpha value is -1.12. The molecule has 2 saturated carbocycles. The first-order chi connectivity index (χ1) is 7.42. The maximum absolute atomic E-state index is 4.23. The van der Waals surface area contributed by atoms with Crippen LogP contribution in [-0.4, -0.2) is 16.5 Å². The highest BCUT2D eigenvalue weighted by molar-refractivity contribution is 5.29. The number of nitrogens with zero attached hydrogens (tertiary/aromatic N) is 2. The van der Waals surface area contributed by atoms with Gasteiger partial charge in [0.2, 0.25) is 0 Å². The topological polar surface area (TPSA) is 37.8 Å². The molecule has 0 amide bonds. The number of hydrogen-bond acceptors (Lipinski definition) is 3. The SMILES string of the molecule is c1cnc(NCC2CC3CCC2C3)cn1. The number of fused-ring (bicyclic) bond motifs is 2. The minimum Gasteiger partial charge on any atom is -0.369 e. The van der Waals surface area contributed by atoms with Crippen LogP contribution in [0.15, 0.2) is 18.6 Å². The van der Waals surface area contributed by atoms with E-state index in [1.165, 1.54) is 25.7 Å². The molecule has 3 atom stereocenters. The van der Waals surface area contributed by atoms with Gasteiger partial charge in [0.05, 0.1) is 6.20 Å². The second-order valence-corrected chi connectivity index (χ2v) is 4.91. The van der Waals surface area contributed by atoms with Gasteiger partial charge in [-0.3, -0.25) is 4.98 Å². The predicted octanol–water partition coefficient (Wildman–Crippen LogP) is 2.32. The van der Waals surface area contributed by atoms with Crippen LogP contribution in [0.4, 0.5) is 5.82 Å². The minimum absolute atomic E-state index is 0.880. The lowest BCUT2D eigenvalue weighted by Crippen LogP contribution is -2.20. The first-order valence-corrected chi connectivity index (χ1v) is 5.91. The molecule has 2 aliphatic carbocycles. The molecule has 1 aromatic rings. The van der Waals surface area contributed by atoms with Crippen LogP contribution in [0.2, 0.25) is 0 Å². The average molecular weight is 203 g/mol. The van der Waals surface area contributed by atoms with E-state index < -0.39 is 0 Å². The van der Waals surface area contributed by atoms with Crippen LogP contribution in [0.5, 0.6) is 0 Å². The fraction of sp³-hybridized carbons (Fsp3) is 0.667. The van der Waals surface area contributed by atoms with Gasteiger partial charge in [-0.1, -0.05) is 6.42 Å². The van der Waals surface area contributed by atoms with E-state index >= 15 is 0 Å². The molecule has 2 bridgehead atoms. The zero-order valence-electron chi connectivity index (χ0n) is 8.89. The Balaban J connectivity index is 1.55. The Morgan fingerprint density at radius 3 is 2.93 bits per heavy atom. The molecule has 0 saturated heterocycles. The van der Waals surface area contributed by atoms with E-state index in [-0.39, 0.29) is 0 Å². The minimum atomic E-state index is 0.880. The van der Waals surface area contributed by atoms with Crippen molar-refractivity contribution in [1.29, 1.82) is 0 Å². The van der Waals surface area contributed by atoms with Crippen molar-refractivity contribution in [2.45, 2.75) is 25.7 Å². The van der Waals surface area contributed by atoms with Crippen molar-refractivity contribution < 1.29 is 0 Å². The number of rotatable bonds is 3. The van der Waals surface area contributed by atoms with E-state index in [1.807, 2.05) is 0 Å². The molecule has 3 unspecified atom stereocenters. The second-order valence-electron chi connectivity index (χ2n) is 4.91. The van der Waals surface area contributed by atoms with Crippen molar-refractivity contribution in [1.82, 2.24) is 9.97 Å². The zero-order valence-corrected chi connectivity index (χ0v) is 8.89. The fourth-order valence-electron chi connectivity index (χ4n) is 3.25. The smallest absolute Gasteiger partial charge is 0.144 e. The summed E-state index contributed by atoms with van der Waals surface area (Å²) in [6, 6.07) is 0. The van der Waals surface area contributed by atoms with Crippen LogP contribution >= 0.6 is 0 Å². The van der Waals surface area contributed by atoms with Gasteiger partial charge in [0.25, 0.3) is 0 Å². The predicted molar refractivity (Wildman–Crippen MR) is 59.5 cm³/mol. The number of aromatic nitrogens is 2. The molecule has 2 fully saturated rings. The molecule has 15 heavy (non-hydrogen) atoms. The van der Waals surface area contributed by atoms with Crippen LogP contribution < -0.4 is 5.32 Å². The van der Waals surface area contributed by atoms with E-state index in [0.29, 0.717) is 0 Å². The molecule has 80 valence electrons. The summed E-state index contributed by atoms with van der Waals surface area (Å²) in [6.45, 7) is 1.08. The summed E-state index contributed by atoms with van der Waals surface area (Å²) >= 11 is 0. The van der Waals surface area contributed by atoms with Crippen LogP contribution in [0, 0.1) is 17.8 Å². The van der Waals surface area contributed by atoms with Gasteiger partial charge in [-0.25, -0.2) is 4.98 Å². The summed E-state index contributed by atoms with van der Waals surface area (Å²) in [7, 11) is 0. The van der Waals surface area contributed by atoms with Gasteiger partial charge in [-0.05, 0) is 37.0 Å². The fourth-order valence-corrected chi connectivity index (χ4v) is 3.25. The van der Waals surface area contributed by atoms with E-state index in [9.17, 15) is 0 Å². The summed E-state index contributed by atoms with van der Waals surface area (Å²) in [5, 5.41) is 3.40. The van der Waals surface area contributed by atoms with Gasteiger partial charge in [0.1, 0.15) is 5.82 Å². The van der Waals surface area contributed by atoms with Gasteiger partial charge in [-0.15, -0.1) is 0 Å². The highest BCUT2D eigenvalue weighted by Crippen LogP contribution is 2.48. The van der Waals surface area contributed by atoms with Gasteiger partial charge in [0, 0.05) is 18.9 Å². The molecular weight excluding hydrogens is 186 g/mol. The average Bonchev–Trinajstić information content (AvgIpc) is 2.89. The zero-order chi connectivity index (χ0) is 10.1. The molecule has 3 nitrogen and oxygen atoms in total. The second kappa shape index (κ2) is 3.80. The number of hydrogen-bond donors (Lipinski definition) is 1. The molecular formula is C12H17N3. The number of anilines is 1. The number of nitrogens with one attached hydrogen (secondary N) is 1. The lowest BCUT2D eigenvalue weighted by molar-refractivity contribution is 0.348. The quantitative estimate of drug-likeness (QED) is 0.819. The summed E-state index contributed by atoms with van der Waals surface area (Å²) < 4.78 is 0. The van der Waals surface area contributed by atoms with Crippen molar-refractivity contribution in [3.8, 4) is 0 Å². The highest BCUT2D eigenvalue weighted by atomic mass is 15.0. The van der Waals surface area contributed by atoms with Gasteiger partial charge in [0.15, 0.2) is 0 Å². The van der Waals surface area contributed by atoms with E-state index in [1.54, 1.807) is 18.6 Å². The third-order valence-corrected chi connectivity index (χ3v) is 3.99. The summed E-state index contributed by atoms with van der Waals surface area (Å²) in [5.41, 5.74) is 0. The van der Waals surface area contributed by atoms with Crippen molar-refractivity contribution in [3.63, 3.8) is 0 Å². The van der Waals surface area contributed by atoms with E-state index in [0.717, 1.165) is 30.1 Å². The first-order valence-electron chi connectivity index (χ1n) is 5.91. The van der Waals surface area contributed by atoms with Gasteiger partial charge >= 0.3 is 0 Å². The summed E-state index contributed by atoms with van der Waals surface area (Å²) in [4.78, 5) is 8.28. The maximum atomic E-state index is 4.23. The Bertz CT molecular complexity index is 325. The summed E-state index contributed by atoms with van der Waals surface area (Å²) in [5.74, 6) is 3.81. The third kappa shape index (κ3) is 1.83. The molecule has 0 aliphatic heterocycles. The maximum Gasteiger partial charge on any atom is 0.144 e. The first kappa shape index (κ1) is 9.13. The molecule has 1 heterocycles. The Kier molecular flexibility index (Phi) is 2.31. The van der Waals surface area contributed by atoms with E-state index in [4.69, 9.17) is 0 Å². The molecule has 3 heteroatoms. The van der Waals surface area contributed by atoms with Gasteiger partial charge in [-0.2, -0.15) is 0 Å². The lowest BCUT2D eigenvalue weighted by atomic mass is 9.89. The third-order valence-electron chi connectivity index (χ3n) is 3.99. The molecule has 1 aromatic heterocycles. The molecule has 0 spiro atoms. The standard InChI is InChI=1S/C12H17N3/c1-2-10-5-9(1)6-11(10)7-15-12-8-13-3-4-14-12/h3-4,8-11H,1-2,5-7H2,(H,14,15). The van der Waals surface area contributed by atoms with Crippen molar-refractivity contribution in [2.24, 2.45) is 17.8 Å². The summed E-state index contributed by atoms with van der Waals surface area (Å²) in [6.07, 6.45) is 11.1. The Morgan fingerprint density at radius 1 is 1.27 bits per heavy atom. The van der Waals surface area contributed by atoms with Crippen molar-refractivity contribution in [3.05, 3.63) is 18.6 Å². The van der Waals surface area contributed by atoms with Crippen molar-refractivity contribution >= 4 is 5.82 Å². The molecule has 0 aromatic carbocycles. The largest absolute Gasteiger partial charge is 0.369 e. The van der Waals surface area contributed by atoms with Crippen LogP contribution in [0.25, 0.3) is 0 Å². The van der Waals surface area contributed by atoms with Crippen LogP contribution in [0.3, 0.4) is 0 Å². The van der Waals surface area contributed by atoms with Crippen LogP contribution in [-0.2, 0) is 0 Å².